The van der Waals surface area contributed by atoms with Crippen LogP contribution in [0.2, 0.25) is 0 Å². The van der Waals surface area contributed by atoms with Gasteiger partial charge in [0.05, 0.1) is 23.8 Å². The molecule has 1 N–H and O–H groups in total. The number of rotatable bonds is 5. The highest BCUT2D eigenvalue weighted by Gasteiger charge is 2.25. The van der Waals surface area contributed by atoms with Gasteiger partial charge in [0.1, 0.15) is 24.2 Å². The summed E-state index contributed by atoms with van der Waals surface area (Å²) in [5, 5.41) is 2.93. The molecule has 0 bridgehead atoms. The Bertz CT molecular complexity index is 929. The van der Waals surface area contributed by atoms with Crippen molar-refractivity contribution in [2.24, 2.45) is 0 Å². The zero-order valence-corrected chi connectivity index (χ0v) is 14.6. The molecule has 0 radical (unpaired) electrons. The fraction of sp³-hybridized carbons (Fsp3) is 0.300. The van der Waals surface area contributed by atoms with Gasteiger partial charge in [0, 0.05) is 6.61 Å². The molecule has 1 aliphatic heterocycles. The molecule has 1 saturated heterocycles. The second-order valence-electron chi connectivity index (χ2n) is 6.29. The Labute approximate surface area is 151 Å². The lowest BCUT2D eigenvalue weighted by atomic mass is 10.2. The minimum Gasteiger partial charge on any atom is -0.495 e. The number of carbonyl (C=O) groups excluding carboxylic acids is 1. The van der Waals surface area contributed by atoms with Crippen LogP contribution >= 0.6 is 0 Å². The number of ether oxygens (including phenoxy) is 2. The molecule has 0 saturated carbocycles. The van der Waals surface area contributed by atoms with Crippen molar-refractivity contribution in [2.45, 2.75) is 25.5 Å². The van der Waals surface area contributed by atoms with E-state index in [9.17, 15) is 4.79 Å². The molecule has 6 nitrogen and oxygen atoms in total. The Morgan fingerprint density at radius 1 is 1.27 bits per heavy atom. The summed E-state index contributed by atoms with van der Waals surface area (Å²) in [5.74, 6) is 1.33. The van der Waals surface area contributed by atoms with E-state index in [1.54, 1.807) is 7.11 Å². The van der Waals surface area contributed by atoms with Crippen LogP contribution in [0.25, 0.3) is 11.0 Å². The Morgan fingerprint density at radius 2 is 2.08 bits per heavy atom. The smallest absolute Gasteiger partial charge is 0.244 e. The van der Waals surface area contributed by atoms with E-state index in [0.717, 1.165) is 36.3 Å². The second kappa shape index (κ2) is 7.17. The highest BCUT2D eigenvalue weighted by Crippen LogP contribution is 2.31. The first-order valence-corrected chi connectivity index (χ1v) is 8.76. The topological polar surface area (TPSA) is 65.4 Å². The van der Waals surface area contributed by atoms with Crippen LogP contribution in [0.15, 0.2) is 48.5 Å². The van der Waals surface area contributed by atoms with E-state index in [4.69, 9.17) is 14.5 Å². The standard InChI is InChI=1S/C20H21N3O3/c1-25-17-10-5-3-8-15(17)21-19(24)13-23-16-9-4-2-7-14(16)22-20(23)18-11-6-12-26-18/h2-5,7-10,18H,6,11-13H2,1H3,(H,21,24). The van der Waals surface area contributed by atoms with E-state index in [2.05, 4.69) is 5.32 Å². The molecule has 134 valence electrons. The number of anilines is 1. The van der Waals surface area contributed by atoms with Crippen LogP contribution in [0.3, 0.4) is 0 Å². The summed E-state index contributed by atoms with van der Waals surface area (Å²) >= 11 is 0. The van der Waals surface area contributed by atoms with Crippen molar-refractivity contribution in [3.63, 3.8) is 0 Å². The van der Waals surface area contributed by atoms with Gasteiger partial charge in [0.2, 0.25) is 5.91 Å². The van der Waals surface area contributed by atoms with Gasteiger partial charge in [-0.2, -0.15) is 0 Å². The van der Waals surface area contributed by atoms with Crippen molar-refractivity contribution in [3.05, 3.63) is 54.4 Å². The Morgan fingerprint density at radius 3 is 2.88 bits per heavy atom. The van der Waals surface area contributed by atoms with Crippen molar-refractivity contribution in [1.82, 2.24) is 9.55 Å². The van der Waals surface area contributed by atoms with Crippen LogP contribution in [0.5, 0.6) is 5.75 Å². The number of methoxy groups -OCH3 is 1. The fourth-order valence-corrected chi connectivity index (χ4v) is 3.37. The van der Waals surface area contributed by atoms with Crippen LogP contribution in [0.4, 0.5) is 5.69 Å². The largest absolute Gasteiger partial charge is 0.495 e. The first-order valence-electron chi connectivity index (χ1n) is 8.76. The number of aromatic nitrogens is 2. The molecule has 1 aromatic heterocycles. The Hall–Kier alpha value is -2.86. The van der Waals surface area contributed by atoms with E-state index in [1.165, 1.54) is 0 Å². The zero-order chi connectivity index (χ0) is 17.9. The van der Waals surface area contributed by atoms with Gasteiger partial charge in [0.25, 0.3) is 0 Å². The summed E-state index contributed by atoms with van der Waals surface area (Å²) < 4.78 is 13.1. The van der Waals surface area contributed by atoms with E-state index in [-0.39, 0.29) is 18.6 Å². The maximum Gasteiger partial charge on any atom is 0.244 e. The lowest BCUT2D eigenvalue weighted by Crippen LogP contribution is -2.21. The molecule has 26 heavy (non-hydrogen) atoms. The van der Waals surface area contributed by atoms with Gasteiger partial charge < -0.3 is 19.4 Å². The summed E-state index contributed by atoms with van der Waals surface area (Å²) in [5.41, 5.74) is 2.47. The zero-order valence-electron chi connectivity index (χ0n) is 14.6. The number of hydrogen-bond acceptors (Lipinski definition) is 4. The monoisotopic (exact) mass is 351 g/mol. The minimum absolute atomic E-state index is 0.0542. The van der Waals surface area contributed by atoms with Gasteiger partial charge >= 0.3 is 0 Å². The van der Waals surface area contributed by atoms with E-state index in [0.29, 0.717) is 11.4 Å². The third-order valence-corrected chi connectivity index (χ3v) is 4.58. The van der Waals surface area contributed by atoms with Gasteiger partial charge in [-0.05, 0) is 37.1 Å². The number of para-hydroxylation sites is 4. The highest BCUT2D eigenvalue weighted by molar-refractivity contribution is 5.93. The number of nitrogens with zero attached hydrogens (tertiary/aromatic N) is 2. The molecule has 0 spiro atoms. The molecule has 4 rings (SSSR count). The summed E-state index contributed by atoms with van der Waals surface area (Å²) in [6.07, 6.45) is 1.89. The first-order chi connectivity index (χ1) is 12.8. The molecule has 2 heterocycles. The van der Waals surface area contributed by atoms with Gasteiger partial charge in [0.15, 0.2) is 0 Å². The van der Waals surface area contributed by atoms with Crippen LogP contribution in [-0.2, 0) is 16.1 Å². The van der Waals surface area contributed by atoms with E-state index in [1.807, 2.05) is 53.1 Å². The average Bonchev–Trinajstić information content (AvgIpc) is 3.30. The summed E-state index contributed by atoms with van der Waals surface area (Å²) in [7, 11) is 1.59. The number of amides is 1. The molecular formula is C20H21N3O3. The normalized spacial score (nSPS) is 16.7. The molecule has 1 atom stereocenters. The van der Waals surface area contributed by atoms with Crippen LogP contribution in [-0.4, -0.2) is 29.2 Å². The fourth-order valence-electron chi connectivity index (χ4n) is 3.37. The maximum absolute atomic E-state index is 12.7. The molecule has 1 unspecified atom stereocenters. The summed E-state index contributed by atoms with van der Waals surface area (Å²) in [4.78, 5) is 17.4. The summed E-state index contributed by atoms with van der Waals surface area (Å²) in [6, 6.07) is 15.2. The van der Waals surface area contributed by atoms with E-state index < -0.39 is 0 Å². The minimum atomic E-state index is -0.128. The first kappa shape index (κ1) is 16.6. The molecule has 6 heteroatoms. The van der Waals surface area contributed by atoms with Gasteiger partial charge in [-0.1, -0.05) is 24.3 Å². The number of hydrogen-bond donors (Lipinski definition) is 1. The number of imidazole rings is 1. The summed E-state index contributed by atoms with van der Waals surface area (Å²) in [6.45, 7) is 0.912. The lowest BCUT2D eigenvalue weighted by Gasteiger charge is -2.14. The molecular weight excluding hydrogens is 330 g/mol. The third-order valence-electron chi connectivity index (χ3n) is 4.58. The number of carbonyl (C=O) groups is 1. The number of fused-ring (bicyclic) bond motifs is 1. The van der Waals surface area contributed by atoms with Crippen molar-refractivity contribution in [1.29, 1.82) is 0 Å². The van der Waals surface area contributed by atoms with Crippen molar-refractivity contribution >= 4 is 22.6 Å². The highest BCUT2D eigenvalue weighted by atomic mass is 16.5. The maximum atomic E-state index is 12.7. The van der Waals surface area contributed by atoms with Crippen molar-refractivity contribution in [2.75, 3.05) is 19.0 Å². The average molecular weight is 351 g/mol. The van der Waals surface area contributed by atoms with Crippen molar-refractivity contribution < 1.29 is 14.3 Å². The van der Waals surface area contributed by atoms with E-state index >= 15 is 0 Å². The Balaban J connectivity index is 1.63. The van der Waals surface area contributed by atoms with Crippen LogP contribution in [0, 0.1) is 0 Å². The molecule has 3 aromatic rings. The van der Waals surface area contributed by atoms with Crippen LogP contribution in [0.1, 0.15) is 24.8 Å². The lowest BCUT2D eigenvalue weighted by molar-refractivity contribution is -0.116. The van der Waals surface area contributed by atoms with Crippen molar-refractivity contribution in [3.8, 4) is 5.75 Å². The second-order valence-corrected chi connectivity index (χ2v) is 6.29. The number of benzene rings is 2. The third kappa shape index (κ3) is 3.15. The quantitative estimate of drug-likeness (QED) is 0.764. The number of nitrogens with one attached hydrogen (secondary N) is 1. The molecule has 1 aliphatic rings. The molecule has 1 amide bonds. The van der Waals surface area contributed by atoms with Gasteiger partial charge in [-0.15, -0.1) is 0 Å². The van der Waals surface area contributed by atoms with Gasteiger partial charge in [-0.25, -0.2) is 4.98 Å². The predicted octanol–water partition coefficient (Wildman–Crippen LogP) is 3.54. The predicted molar refractivity (Wildman–Crippen MR) is 99.3 cm³/mol. The molecule has 1 fully saturated rings. The molecule has 2 aromatic carbocycles. The van der Waals surface area contributed by atoms with Crippen LogP contribution < -0.4 is 10.1 Å². The SMILES string of the molecule is COc1ccccc1NC(=O)Cn1c(C2CCCO2)nc2ccccc21. The van der Waals surface area contributed by atoms with Gasteiger partial charge in [-0.3, -0.25) is 4.79 Å². The Kier molecular flexibility index (Phi) is 4.58. The molecule has 0 aliphatic carbocycles.